The van der Waals surface area contributed by atoms with Crippen molar-refractivity contribution in [2.75, 3.05) is 13.7 Å². The molecule has 100 valence electrons. The third-order valence-electron chi connectivity index (χ3n) is 3.19. The van der Waals surface area contributed by atoms with Crippen LogP contribution in [0.5, 0.6) is 0 Å². The SMILES string of the molecule is CC1OCCC1N(C)C(=O)C(C)(N)C(F)(F)F. The van der Waals surface area contributed by atoms with Crippen LogP contribution in [-0.4, -0.2) is 48.3 Å². The van der Waals surface area contributed by atoms with Crippen molar-refractivity contribution in [2.45, 2.75) is 44.1 Å². The van der Waals surface area contributed by atoms with E-state index in [-0.39, 0.29) is 12.1 Å². The second-order valence-corrected chi connectivity index (χ2v) is 4.55. The van der Waals surface area contributed by atoms with E-state index in [1.54, 1.807) is 6.92 Å². The highest BCUT2D eigenvalue weighted by atomic mass is 19.4. The molecule has 0 radical (unpaired) electrons. The lowest BCUT2D eigenvalue weighted by molar-refractivity contribution is -0.194. The minimum Gasteiger partial charge on any atom is -0.376 e. The van der Waals surface area contributed by atoms with E-state index in [0.29, 0.717) is 20.0 Å². The number of carbonyl (C=O) groups is 1. The van der Waals surface area contributed by atoms with Gasteiger partial charge >= 0.3 is 6.18 Å². The maximum absolute atomic E-state index is 12.6. The first-order valence-corrected chi connectivity index (χ1v) is 5.33. The summed E-state index contributed by atoms with van der Waals surface area (Å²) in [7, 11) is 1.33. The van der Waals surface area contributed by atoms with E-state index < -0.39 is 17.6 Å². The number of likely N-dealkylation sites (N-methyl/N-ethyl adjacent to an activating group) is 1. The summed E-state index contributed by atoms with van der Waals surface area (Å²) >= 11 is 0. The Kier molecular flexibility index (Phi) is 3.73. The van der Waals surface area contributed by atoms with Gasteiger partial charge in [0.05, 0.1) is 12.1 Å². The van der Waals surface area contributed by atoms with Gasteiger partial charge in [-0.05, 0) is 20.3 Å². The Labute approximate surface area is 97.9 Å². The van der Waals surface area contributed by atoms with E-state index in [1.165, 1.54) is 7.05 Å². The molecule has 17 heavy (non-hydrogen) atoms. The van der Waals surface area contributed by atoms with Gasteiger partial charge in [-0.15, -0.1) is 0 Å². The Morgan fingerprint density at radius 2 is 2.00 bits per heavy atom. The van der Waals surface area contributed by atoms with Crippen molar-refractivity contribution in [1.29, 1.82) is 0 Å². The van der Waals surface area contributed by atoms with Gasteiger partial charge < -0.3 is 15.4 Å². The van der Waals surface area contributed by atoms with Crippen molar-refractivity contribution < 1.29 is 22.7 Å². The summed E-state index contributed by atoms with van der Waals surface area (Å²) in [4.78, 5) is 12.8. The number of halogens is 3. The van der Waals surface area contributed by atoms with Crippen molar-refractivity contribution in [3.63, 3.8) is 0 Å². The second kappa shape index (κ2) is 4.45. The zero-order chi connectivity index (χ0) is 13.4. The molecular weight excluding hydrogens is 237 g/mol. The highest BCUT2D eigenvalue weighted by Crippen LogP contribution is 2.31. The average Bonchev–Trinajstić information content (AvgIpc) is 2.60. The Hall–Kier alpha value is -0.820. The molecule has 0 aromatic rings. The molecule has 3 atom stereocenters. The molecule has 0 aromatic carbocycles. The fourth-order valence-electron chi connectivity index (χ4n) is 1.87. The molecule has 1 fully saturated rings. The van der Waals surface area contributed by atoms with Crippen LogP contribution in [0, 0.1) is 0 Å². The number of nitrogens with two attached hydrogens (primary N) is 1. The molecule has 0 spiro atoms. The van der Waals surface area contributed by atoms with Crippen LogP contribution < -0.4 is 5.73 Å². The van der Waals surface area contributed by atoms with Gasteiger partial charge in [-0.25, -0.2) is 0 Å². The summed E-state index contributed by atoms with van der Waals surface area (Å²) in [6.45, 7) is 2.85. The van der Waals surface area contributed by atoms with Gasteiger partial charge in [0.15, 0.2) is 5.54 Å². The normalized spacial score (nSPS) is 28.9. The lowest BCUT2D eigenvalue weighted by Gasteiger charge is -2.34. The fourth-order valence-corrected chi connectivity index (χ4v) is 1.87. The molecular formula is C10H17F3N2O2. The van der Waals surface area contributed by atoms with E-state index >= 15 is 0 Å². The Morgan fingerprint density at radius 1 is 1.47 bits per heavy atom. The molecule has 1 rings (SSSR count). The van der Waals surface area contributed by atoms with Crippen LogP contribution in [-0.2, 0) is 9.53 Å². The highest BCUT2D eigenvalue weighted by molar-refractivity contribution is 5.86. The van der Waals surface area contributed by atoms with E-state index in [2.05, 4.69) is 0 Å². The second-order valence-electron chi connectivity index (χ2n) is 4.55. The van der Waals surface area contributed by atoms with Crippen molar-refractivity contribution in [2.24, 2.45) is 5.73 Å². The van der Waals surface area contributed by atoms with Crippen molar-refractivity contribution >= 4 is 5.91 Å². The van der Waals surface area contributed by atoms with E-state index in [0.717, 1.165) is 4.90 Å². The van der Waals surface area contributed by atoms with Crippen molar-refractivity contribution in [3.05, 3.63) is 0 Å². The lowest BCUT2D eigenvalue weighted by Crippen LogP contribution is -2.63. The van der Waals surface area contributed by atoms with Crippen LogP contribution in [0.2, 0.25) is 0 Å². The predicted molar refractivity (Wildman–Crippen MR) is 55.2 cm³/mol. The summed E-state index contributed by atoms with van der Waals surface area (Å²) in [6.07, 6.45) is -4.51. The molecule has 7 heteroatoms. The van der Waals surface area contributed by atoms with E-state index in [9.17, 15) is 18.0 Å². The maximum atomic E-state index is 12.6. The van der Waals surface area contributed by atoms with Crippen LogP contribution in [0.15, 0.2) is 0 Å². The number of hydrogen-bond donors (Lipinski definition) is 1. The zero-order valence-corrected chi connectivity index (χ0v) is 10.0. The quantitative estimate of drug-likeness (QED) is 0.796. The van der Waals surface area contributed by atoms with Crippen LogP contribution in [0.3, 0.4) is 0 Å². The zero-order valence-electron chi connectivity index (χ0n) is 10.0. The third-order valence-corrected chi connectivity index (χ3v) is 3.19. The van der Waals surface area contributed by atoms with Gasteiger partial charge in [0.2, 0.25) is 0 Å². The predicted octanol–water partition coefficient (Wildman–Crippen LogP) is 0.902. The van der Waals surface area contributed by atoms with E-state index in [1.807, 2.05) is 0 Å². The summed E-state index contributed by atoms with van der Waals surface area (Å²) < 4.78 is 43.1. The third kappa shape index (κ3) is 2.55. The fraction of sp³-hybridized carbons (Fsp3) is 0.900. The molecule has 0 aliphatic carbocycles. The summed E-state index contributed by atoms with van der Waals surface area (Å²) in [5, 5.41) is 0. The molecule has 0 bridgehead atoms. The first-order valence-electron chi connectivity index (χ1n) is 5.33. The molecule has 4 nitrogen and oxygen atoms in total. The van der Waals surface area contributed by atoms with Crippen LogP contribution >= 0.6 is 0 Å². The minimum absolute atomic E-state index is 0.270. The number of alkyl halides is 3. The topological polar surface area (TPSA) is 55.6 Å². The molecule has 3 unspecified atom stereocenters. The smallest absolute Gasteiger partial charge is 0.376 e. The van der Waals surface area contributed by atoms with Gasteiger partial charge in [-0.1, -0.05) is 0 Å². The standard InChI is InChI=1S/C10H17F3N2O2/c1-6-7(4-5-17-6)15(3)8(16)9(2,14)10(11,12)13/h6-7H,4-5,14H2,1-3H3. The Morgan fingerprint density at radius 3 is 2.35 bits per heavy atom. The lowest BCUT2D eigenvalue weighted by atomic mass is 9.99. The van der Waals surface area contributed by atoms with Crippen molar-refractivity contribution in [1.82, 2.24) is 4.90 Å². The van der Waals surface area contributed by atoms with Gasteiger partial charge in [0.1, 0.15) is 0 Å². The van der Waals surface area contributed by atoms with Gasteiger partial charge in [-0.3, -0.25) is 4.79 Å². The summed E-state index contributed by atoms with van der Waals surface area (Å²) in [5.74, 6) is -1.13. The summed E-state index contributed by atoms with van der Waals surface area (Å²) in [6, 6.07) is -0.354. The number of amides is 1. The number of rotatable bonds is 2. The number of nitrogens with zero attached hydrogens (tertiary/aromatic N) is 1. The first-order chi connectivity index (χ1) is 7.59. The summed E-state index contributed by atoms with van der Waals surface area (Å²) in [5.41, 5.74) is 2.24. The molecule has 0 saturated carbocycles. The largest absolute Gasteiger partial charge is 0.415 e. The highest BCUT2D eigenvalue weighted by Gasteiger charge is 2.56. The Balaban J connectivity index is 2.83. The minimum atomic E-state index is -4.76. The molecule has 0 aromatic heterocycles. The molecule has 1 heterocycles. The van der Waals surface area contributed by atoms with Gasteiger partial charge in [0, 0.05) is 13.7 Å². The van der Waals surface area contributed by atoms with Crippen LogP contribution in [0.1, 0.15) is 20.3 Å². The molecule has 1 saturated heterocycles. The molecule has 1 amide bonds. The first kappa shape index (κ1) is 14.2. The number of hydrogen-bond acceptors (Lipinski definition) is 3. The number of ether oxygens (including phenoxy) is 1. The molecule has 1 aliphatic heterocycles. The number of carbonyl (C=O) groups excluding carboxylic acids is 1. The van der Waals surface area contributed by atoms with Gasteiger partial charge in [-0.2, -0.15) is 13.2 Å². The van der Waals surface area contributed by atoms with E-state index in [4.69, 9.17) is 10.5 Å². The molecule has 1 aliphatic rings. The monoisotopic (exact) mass is 254 g/mol. The van der Waals surface area contributed by atoms with Crippen LogP contribution in [0.4, 0.5) is 13.2 Å². The van der Waals surface area contributed by atoms with Crippen LogP contribution in [0.25, 0.3) is 0 Å². The Bertz CT molecular complexity index is 304. The average molecular weight is 254 g/mol. The maximum Gasteiger partial charge on any atom is 0.415 e. The van der Waals surface area contributed by atoms with Crippen molar-refractivity contribution in [3.8, 4) is 0 Å². The molecule has 2 N–H and O–H groups in total. The van der Waals surface area contributed by atoms with Gasteiger partial charge in [0.25, 0.3) is 5.91 Å².